The lowest BCUT2D eigenvalue weighted by molar-refractivity contribution is 0.0927. The van der Waals surface area contributed by atoms with E-state index in [1.807, 2.05) is 48.7 Å². The number of hydrogen-bond donors (Lipinski definition) is 1. The largest absolute Gasteiger partial charge is 0.493 e. The summed E-state index contributed by atoms with van der Waals surface area (Å²) in [7, 11) is 1.63. The SMILES string of the molecule is COc1cc(C=Nc2sc3c(c2C(=O)NC2CCCCC2)CCCC3)ccc1OCc1cccc(Cl)c1. The lowest BCUT2D eigenvalue weighted by atomic mass is 9.93. The minimum atomic E-state index is 0.0424. The van der Waals surface area contributed by atoms with Crippen LogP contribution in [-0.2, 0) is 19.4 Å². The van der Waals surface area contributed by atoms with Gasteiger partial charge >= 0.3 is 0 Å². The van der Waals surface area contributed by atoms with Crippen molar-refractivity contribution in [3.63, 3.8) is 0 Å². The van der Waals surface area contributed by atoms with Crippen molar-refractivity contribution in [3.05, 3.63) is 74.6 Å². The highest BCUT2D eigenvalue weighted by atomic mass is 35.5. The van der Waals surface area contributed by atoms with Crippen LogP contribution in [0, 0.1) is 0 Å². The van der Waals surface area contributed by atoms with Gasteiger partial charge in [-0.25, -0.2) is 4.99 Å². The van der Waals surface area contributed by atoms with Crippen LogP contribution in [0.5, 0.6) is 11.5 Å². The van der Waals surface area contributed by atoms with Gasteiger partial charge in [-0.15, -0.1) is 11.3 Å². The van der Waals surface area contributed by atoms with Crippen LogP contribution >= 0.6 is 22.9 Å². The number of carbonyl (C=O) groups excluding carboxylic acids is 1. The van der Waals surface area contributed by atoms with E-state index in [2.05, 4.69) is 5.32 Å². The maximum atomic E-state index is 13.4. The van der Waals surface area contributed by atoms with Crippen LogP contribution in [0.15, 0.2) is 47.5 Å². The number of aryl methyl sites for hydroxylation is 1. The summed E-state index contributed by atoms with van der Waals surface area (Å²) in [6.45, 7) is 0.393. The van der Waals surface area contributed by atoms with Gasteiger partial charge in [0.05, 0.1) is 12.7 Å². The fourth-order valence-corrected chi connectivity index (χ4v) is 6.63. The molecule has 5 rings (SSSR count). The molecule has 7 heteroatoms. The normalized spacial score (nSPS) is 15.9. The first-order chi connectivity index (χ1) is 18.1. The number of carbonyl (C=O) groups is 1. The zero-order valence-electron chi connectivity index (χ0n) is 21.2. The Morgan fingerprint density at radius 3 is 2.73 bits per heavy atom. The molecule has 3 aromatic rings. The van der Waals surface area contributed by atoms with Crippen LogP contribution in [-0.4, -0.2) is 25.3 Å². The number of rotatable bonds is 8. The summed E-state index contributed by atoms with van der Waals surface area (Å²) in [5.41, 5.74) is 3.87. The molecule has 2 aliphatic carbocycles. The highest BCUT2D eigenvalue weighted by Gasteiger charge is 2.27. The first-order valence-corrected chi connectivity index (χ1v) is 14.3. The number of hydrogen-bond acceptors (Lipinski definition) is 5. The van der Waals surface area contributed by atoms with Crippen molar-refractivity contribution in [2.24, 2.45) is 4.99 Å². The number of aliphatic imine (C=N–C) groups is 1. The van der Waals surface area contributed by atoms with Gasteiger partial charge < -0.3 is 14.8 Å². The Bertz CT molecular complexity index is 1280. The second-order valence-corrected chi connectivity index (χ2v) is 11.3. The van der Waals surface area contributed by atoms with Crippen molar-refractivity contribution in [1.29, 1.82) is 0 Å². The lowest BCUT2D eigenvalue weighted by Crippen LogP contribution is -2.36. The van der Waals surface area contributed by atoms with Gasteiger partial charge in [0, 0.05) is 22.2 Å². The van der Waals surface area contributed by atoms with Gasteiger partial charge in [-0.3, -0.25) is 4.79 Å². The highest BCUT2D eigenvalue weighted by Crippen LogP contribution is 2.40. The summed E-state index contributed by atoms with van der Waals surface area (Å²) in [4.78, 5) is 19.6. The van der Waals surface area contributed by atoms with Crippen LogP contribution < -0.4 is 14.8 Å². The first kappa shape index (κ1) is 25.8. The van der Waals surface area contributed by atoms with E-state index in [1.54, 1.807) is 18.4 Å². The molecular formula is C30H33ClN2O3S. The van der Waals surface area contributed by atoms with E-state index in [-0.39, 0.29) is 11.9 Å². The van der Waals surface area contributed by atoms with Crippen molar-refractivity contribution >= 4 is 40.1 Å². The molecule has 0 spiro atoms. The molecular weight excluding hydrogens is 504 g/mol. The molecule has 0 saturated heterocycles. The molecule has 1 fully saturated rings. The van der Waals surface area contributed by atoms with Crippen molar-refractivity contribution in [1.82, 2.24) is 5.32 Å². The molecule has 37 heavy (non-hydrogen) atoms. The fraction of sp³-hybridized carbons (Fsp3) is 0.400. The Morgan fingerprint density at radius 1 is 1.08 bits per heavy atom. The maximum Gasteiger partial charge on any atom is 0.254 e. The molecule has 1 saturated carbocycles. The predicted molar refractivity (Wildman–Crippen MR) is 151 cm³/mol. The average molecular weight is 537 g/mol. The van der Waals surface area contributed by atoms with Crippen LogP contribution in [0.3, 0.4) is 0 Å². The lowest BCUT2D eigenvalue weighted by Gasteiger charge is -2.23. The van der Waals surface area contributed by atoms with E-state index < -0.39 is 0 Å². The zero-order chi connectivity index (χ0) is 25.6. The Balaban J connectivity index is 1.34. The molecule has 194 valence electrons. The number of halogens is 1. The standard InChI is InChI=1S/C30H33ClN2O3S/c1-35-26-17-20(14-15-25(26)36-19-21-8-7-9-22(31)16-21)18-32-30-28(24-12-5-6-13-27(24)37-30)29(34)33-23-10-3-2-4-11-23/h7-9,14-18,23H,2-6,10-13,19H2,1H3,(H,33,34). The molecule has 0 unspecified atom stereocenters. The second-order valence-electron chi connectivity index (χ2n) is 9.79. The minimum absolute atomic E-state index is 0.0424. The summed E-state index contributed by atoms with van der Waals surface area (Å²) < 4.78 is 11.6. The summed E-state index contributed by atoms with van der Waals surface area (Å²) in [5.74, 6) is 1.33. The Labute approximate surface area is 227 Å². The number of fused-ring (bicyclic) bond motifs is 1. The molecule has 5 nitrogen and oxygen atoms in total. The van der Waals surface area contributed by atoms with Crippen LogP contribution in [0.2, 0.25) is 5.02 Å². The minimum Gasteiger partial charge on any atom is -0.493 e. The maximum absolute atomic E-state index is 13.4. The number of ether oxygens (including phenoxy) is 2. The molecule has 2 aliphatic rings. The molecule has 1 aromatic heterocycles. The molecule has 1 amide bonds. The van der Waals surface area contributed by atoms with Crippen LogP contribution in [0.25, 0.3) is 0 Å². The topological polar surface area (TPSA) is 59.9 Å². The van der Waals surface area contributed by atoms with E-state index >= 15 is 0 Å². The quantitative estimate of drug-likeness (QED) is 0.300. The third kappa shape index (κ3) is 6.36. The molecule has 0 atom stereocenters. The number of nitrogens with zero attached hydrogens (tertiary/aromatic N) is 1. The monoisotopic (exact) mass is 536 g/mol. The first-order valence-electron chi connectivity index (χ1n) is 13.2. The van der Waals surface area contributed by atoms with E-state index in [0.29, 0.717) is 23.1 Å². The van der Waals surface area contributed by atoms with Gasteiger partial charge in [0.25, 0.3) is 5.91 Å². The summed E-state index contributed by atoms with van der Waals surface area (Å²) >= 11 is 7.75. The third-order valence-electron chi connectivity index (χ3n) is 7.12. The van der Waals surface area contributed by atoms with Gasteiger partial charge in [-0.05, 0) is 85.5 Å². The van der Waals surface area contributed by atoms with E-state index in [4.69, 9.17) is 26.1 Å². The summed E-state index contributed by atoms with van der Waals surface area (Å²) in [6, 6.07) is 13.6. The van der Waals surface area contributed by atoms with Gasteiger partial charge in [0.15, 0.2) is 11.5 Å². The Hall–Kier alpha value is -2.83. The van der Waals surface area contributed by atoms with Crippen molar-refractivity contribution in [2.45, 2.75) is 70.4 Å². The smallest absolute Gasteiger partial charge is 0.254 e. The summed E-state index contributed by atoms with van der Waals surface area (Å²) in [5, 5.41) is 4.80. The second kappa shape index (κ2) is 12.1. The Kier molecular flexibility index (Phi) is 8.47. The summed E-state index contributed by atoms with van der Waals surface area (Å²) in [6.07, 6.45) is 11.9. The van der Waals surface area contributed by atoms with Crippen molar-refractivity contribution in [2.75, 3.05) is 7.11 Å². The number of benzene rings is 2. The molecule has 1 N–H and O–H groups in total. The van der Waals surface area contributed by atoms with Crippen LogP contribution in [0.4, 0.5) is 5.00 Å². The average Bonchev–Trinajstić information content (AvgIpc) is 3.30. The molecule has 0 bridgehead atoms. The van der Waals surface area contributed by atoms with E-state index in [0.717, 1.165) is 53.8 Å². The molecule has 1 heterocycles. The van der Waals surface area contributed by atoms with E-state index in [9.17, 15) is 4.79 Å². The van der Waals surface area contributed by atoms with Gasteiger partial charge in [-0.1, -0.05) is 43.0 Å². The van der Waals surface area contributed by atoms with Crippen LogP contribution in [0.1, 0.15) is 76.9 Å². The van der Waals surface area contributed by atoms with E-state index in [1.165, 1.54) is 36.1 Å². The van der Waals surface area contributed by atoms with Gasteiger partial charge in [0.1, 0.15) is 11.6 Å². The molecule has 2 aromatic carbocycles. The third-order valence-corrected chi connectivity index (χ3v) is 8.56. The number of nitrogens with one attached hydrogen (secondary N) is 1. The predicted octanol–water partition coefficient (Wildman–Crippen LogP) is 7.68. The molecule has 0 aliphatic heterocycles. The van der Waals surface area contributed by atoms with Gasteiger partial charge in [0.2, 0.25) is 0 Å². The number of methoxy groups -OCH3 is 1. The van der Waals surface area contributed by atoms with Crippen molar-refractivity contribution < 1.29 is 14.3 Å². The highest BCUT2D eigenvalue weighted by molar-refractivity contribution is 7.16. The number of thiophene rings is 1. The number of amides is 1. The molecule has 0 radical (unpaired) electrons. The zero-order valence-corrected chi connectivity index (χ0v) is 22.8. The fourth-order valence-electron chi connectivity index (χ4n) is 5.19. The van der Waals surface area contributed by atoms with Gasteiger partial charge in [-0.2, -0.15) is 0 Å². The van der Waals surface area contributed by atoms with Crippen molar-refractivity contribution in [3.8, 4) is 11.5 Å². The Morgan fingerprint density at radius 2 is 1.92 bits per heavy atom.